The Labute approximate surface area is 84.1 Å². The van der Waals surface area contributed by atoms with E-state index in [4.69, 9.17) is 4.89 Å². The van der Waals surface area contributed by atoms with Crippen LogP contribution in [0.25, 0.3) is 0 Å². The first-order valence-electron chi connectivity index (χ1n) is 3.72. The number of hydrogen-bond donors (Lipinski definition) is 2. The van der Waals surface area contributed by atoms with E-state index in [1.807, 2.05) is 0 Å². The lowest BCUT2D eigenvalue weighted by atomic mass is 10.2. The minimum absolute atomic E-state index is 0.191. The molecule has 0 aliphatic heterocycles. The first-order chi connectivity index (χ1) is 7.05. The zero-order valence-corrected chi connectivity index (χ0v) is 8.19. The molecule has 8 heteroatoms. The fourth-order valence-corrected chi connectivity index (χ4v) is 0.988. The van der Waals surface area contributed by atoms with Crippen molar-refractivity contribution in [2.75, 3.05) is 0 Å². The third-order valence-electron chi connectivity index (χ3n) is 1.38. The fraction of sp³-hybridized carbons (Fsp3) is 0. The summed E-state index contributed by atoms with van der Waals surface area (Å²) in [6.07, 6.45) is 0. The molecule has 1 unspecified atom stereocenters. The molecule has 0 saturated heterocycles. The van der Waals surface area contributed by atoms with Crippen molar-refractivity contribution in [3.05, 3.63) is 35.9 Å². The molecule has 0 spiro atoms. The van der Waals surface area contributed by atoms with Crippen LogP contribution in [0.3, 0.4) is 0 Å². The Bertz CT molecular complexity index is 384. The molecule has 0 saturated carbocycles. The number of hydroxylamine groups is 1. The second-order valence-corrected chi connectivity index (χ2v) is 3.68. The van der Waals surface area contributed by atoms with Crippen LogP contribution < -0.4 is 5.48 Å². The second-order valence-electron chi connectivity index (χ2n) is 2.43. The molecule has 0 aliphatic carbocycles. The highest BCUT2D eigenvalue weighted by molar-refractivity contribution is 7.47. The van der Waals surface area contributed by atoms with Gasteiger partial charge < -0.3 is 0 Å². The van der Waals surface area contributed by atoms with E-state index in [1.54, 1.807) is 23.7 Å². The largest absolute Gasteiger partial charge is 0.525 e. The van der Waals surface area contributed by atoms with Crippen molar-refractivity contribution < 1.29 is 28.1 Å². The molecule has 0 heterocycles. The maximum absolute atomic E-state index is 11.3. The molecule has 1 atom stereocenters. The number of benzene rings is 1. The zero-order chi connectivity index (χ0) is 11.3. The molecule has 0 aliphatic rings. The highest BCUT2D eigenvalue weighted by Crippen LogP contribution is 2.42. The minimum atomic E-state index is -4.85. The van der Waals surface area contributed by atoms with E-state index < -0.39 is 13.7 Å². The van der Waals surface area contributed by atoms with Crippen LogP contribution in [0.4, 0.5) is 4.53 Å². The third kappa shape index (κ3) is 3.77. The number of nitrogens with one attached hydrogen (secondary N) is 1. The molecule has 82 valence electrons. The Hall–Kier alpha value is -1.27. The molecule has 0 bridgehead atoms. The van der Waals surface area contributed by atoms with E-state index in [0.717, 1.165) is 0 Å². The number of carbonyl (C=O) groups is 1. The summed E-state index contributed by atoms with van der Waals surface area (Å²) in [6, 6.07) is 7.73. The number of amides is 1. The van der Waals surface area contributed by atoms with Crippen molar-refractivity contribution >= 4 is 13.7 Å². The minimum Gasteiger partial charge on any atom is -0.299 e. The quantitative estimate of drug-likeness (QED) is 0.607. The van der Waals surface area contributed by atoms with E-state index in [1.165, 1.54) is 12.1 Å². The van der Waals surface area contributed by atoms with Gasteiger partial charge in [0.05, 0.1) is 0 Å². The topological polar surface area (TPSA) is 84.9 Å². The molecule has 0 aromatic heterocycles. The first kappa shape index (κ1) is 11.8. The van der Waals surface area contributed by atoms with Gasteiger partial charge in [-0.2, -0.15) is 4.62 Å². The van der Waals surface area contributed by atoms with Crippen LogP contribution in [0.15, 0.2) is 30.3 Å². The van der Waals surface area contributed by atoms with Gasteiger partial charge in [-0.05, 0) is 16.7 Å². The zero-order valence-electron chi connectivity index (χ0n) is 7.29. The van der Waals surface area contributed by atoms with Gasteiger partial charge in [0.1, 0.15) is 0 Å². The summed E-state index contributed by atoms with van der Waals surface area (Å²) in [4.78, 5) is 19.6. The van der Waals surface area contributed by atoms with Gasteiger partial charge in [-0.3, -0.25) is 9.69 Å². The van der Waals surface area contributed by atoms with E-state index in [0.29, 0.717) is 0 Å². The van der Waals surface area contributed by atoms with Crippen LogP contribution in [0, 0.1) is 0 Å². The van der Waals surface area contributed by atoms with Gasteiger partial charge >= 0.3 is 7.82 Å². The highest BCUT2D eigenvalue weighted by Gasteiger charge is 2.24. The van der Waals surface area contributed by atoms with Crippen molar-refractivity contribution in [2.45, 2.75) is 0 Å². The summed E-state index contributed by atoms with van der Waals surface area (Å²) in [5.74, 6) is -0.790. The Morgan fingerprint density at radius 1 is 1.40 bits per heavy atom. The summed E-state index contributed by atoms with van der Waals surface area (Å²) in [6.45, 7) is 0. The third-order valence-corrected chi connectivity index (χ3v) is 1.87. The maximum atomic E-state index is 11.3. The number of phosphoric acid groups is 1. The Kier molecular flexibility index (Phi) is 3.93. The van der Waals surface area contributed by atoms with Crippen LogP contribution in [0.2, 0.25) is 0 Å². The van der Waals surface area contributed by atoms with E-state index >= 15 is 0 Å². The smallest absolute Gasteiger partial charge is 0.299 e. The summed E-state index contributed by atoms with van der Waals surface area (Å²) < 4.78 is 28.2. The van der Waals surface area contributed by atoms with Gasteiger partial charge in [0.15, 0.2) is 0 Å². The summed E-state index contributed by atoms with van der Waals surface area (Å²) >= 11 is 0. The maximum Gasteiger partial charge on any atom is 0.525 e. The average molecular weight is 235 g/mol. The molecule has 1 amide bonds. The monoisotopic (exact) mass is 235 g/mol. The van der Waals surface area contributed by atoms with Crippen molar-refractivity contribution in [3.8, 4) is 0 Å². The summed E-state index contributed by atoms with van der Waals surface area (Å²) in [5.41, 5.74) is 1.76. The van der Waals surface area contributed by atoms with Crippen LogP contribution in [0.1, 0.15) is 10.4 Å². The predicted molar refractivity (Wildman–Crippen MR) is 47.0 cm³/mol. The van der Waals surface area contributed by atoms with Crippen molar-refractivity contribution in [2.24, 2.45) is 0 Å². The SMILES string of the molecule is O=C(NOP(=O)(O)OF)c1ccccc1. The molecule has 1 aromatic carbocycles. The van der Waals surface area contributed by atoms with E-state index in [2.05, 4.69) is 9.35 Å². The Morgan fingerprint density at radius 2 is 2.00 bits per heavy atom. The molecule has 0 radical (unpaired) electrons. The molecule has 15 heavy (non-hydrogen) atoms. The standard InChI is InChI=1S/C7H7FNO5P/c8-13-15(11,12)14-9-7(10)6-4-2-1-3-5-6/h1-5H,(H,9,10)(H,11,12). The summed E-state index contributed by atoms with van der Waals surface area (Å²) in [7, 11) is -4.85. The van der Waals surface area contributed by atoms with Gasteiger partial charge in [-0.1, -0.05) is 22.9 Å². The number of halogens is 1. The highest BCUT2D eigenvalue weighted by atomic mass is 31.2. The number of hydrogen-bond acceptors (Lipinski definition) is 4. The van der Waals surface area contributed by atoms with Crippen molar-refractivity contribution in [1.29, 1.82) is 0 Å². The van der Waals surface area contributed by atoms with Crippen molar-refractivity contribution in [3.63, 3.8) is 0 Å². The first-order valence-corrected chi connectivity index (χ1v) is 5.22. The fourth-order valence-electron chi connectivity index (χ4n) is 0.762. The van der Waals surface area contributed by atoms with Gasteiger partial charge in [-0.15, -0.1) is 0 Å². The van der Waals surface area contributed by atoms with Crippen LogP contribution in [0.5, 0.6) is 0 Å². The Balaban J connectivity index is 2.55. The van der Waals surface area contributed by atoms with Gasteiger partial charge in [-0.25, -0.2) is 10.0 Å². The van der Waals surface area contributed by atoms with Crippen LogP contribution in [-0.4, -0.2) is 10.8 Å². The van der Waals surface area contributed by atoms with Crippen LogP contribution >= 0.6 is 7.82 Å². The second kappa shape index (κ2) is 4.99. The van der Waals surface area contributed by atoms with Crippen molar-refractivity contribution in [1.82, 2.24) is 5.48 Å². The molecule has 1 aromatic rings. The van der Waals surface area contributed by atoms with Crippen LogP contribution in [-0.2, 0) is 13.9 Å². The lowest BCUT2D eigenvalue weighted by Crippen LogP contribution is -2.22. The molecular weight excluding hydrogens is 228 g/mol. The number of carbonyl (C=O) groups excluding carboxylic acids is 1. The lowest BCUT2D eigenvalue weighted by molar-refractivity contribution is -0.0561. The number of rotatable bonds is 4. The molecular formula is C7H7FNO5P. The van der Waals surface area contributed by atoms with Gasteiger partial charge in [0.25, 0.3) is 5.91 Å². The van der Waals surface area contributed by atoms with E-state index in [-0.39, 0.29) is 5.56 Å². The summed E-state index contributed by atoms with van der Waals surface area (Å²) in [5, 5.41) is 0. The normalized spacial score (nSPS) is 14.3. The Morgan fingerprint density at radius 3 is 2.53 bits per heavy atom. The molecule has 0 fully saturated rings. The van der Waals surface area contributed by atoms with E-state index in [9.17, 15) is 13.9 Å². The average Bonchev–Trinajstić information content (AvgIpc) is 2.27. The predicted octanol–water partition coefficient (Wildman–Crippen LogP) is 1.35. The lowest BCUT2D eigenvalue weighted by Gasteiger charge is -2.06. The molecule has 1 rings (SSSR count). The molecule has 2 N–H and O–H groups in total. The van der Waals surface area contributed by atoms with Gasteiger partial charge in [0, 0.05) is 5.56 Å². The molecule has 6 nitrogen and oxygen atoms in total. The van der Waals surface area contributed by atoms with Gasteiger partial charge in [0.2, 0.25) is 0 Å².